The lowest BCUT2D eigenvalue weighted by atomic mass is 9.88. The van der Waals surface area contributed by atoms with Gasteiger partial charge in [0.1, 0.15) is 0 Å². The van der Waals surface area contributed by atoms with Gasteiger partial charge in [-0.25, -0.2) is 17.4 Å². The van der Waals surface area contributed by atoms with Crippen molar-refractivity contribution in [1.82, 2.24) is 14.1 Å². The summed E-state index contributed by atoms with van der Waals surface area (Å²) >= 11 is 6.20. The summed E-state index contributed by atoms with van der Waals surface area (Å²) in [5, 5.41) is 7.70. The van der Waals surface area contributed by atoms with Crippen molar-refractivity contribution in [2.24, 2.45) is 5.73 Å². The van der Waals surface area contributed by atoms with Crippen molar-refractivity contribution in [2.75, 3.05) is 11.9 Å². The Morgan fingerprint density at radius 1 is 1.10 bits per heavy atom. The summed E-state index contributed by atoms with van der Waals surface area (Å²) in [6, 6.07) is 18.0. The Morgan fingerprint density at radius 3 is 2.45 bits per heavy atom. The molecule has 4 aromatic rings. The zero-order chi connectivity index (χ0) is 30.2. The van der Waals surface area contributed by atoms with Gasteiger partial charge in [-0.05, 0) is 66.9 Å². The number of hydrogen-bond acceptors (Lipinski definition) is 6. The molecule has 1 aliphatic carbocycles. The smallest absolute Gasteiger partial charge is 0.269 e. The van der Waals surface area contributed by atoms with Gasteiger partial charge in [0, 0.05) is 23.7 Å². The molecule has 0 unspecified atom stereocenters. The van der Waals surface area contributed by atoms with E-state index in [2.05, 4.69) is 17.0 Å². The first kappa shape index (κ1) is 28.8. The zero-order valence-electron chi connectivity index (χ0n) is 22.5. The third-order valence-corrected chi connectivity index (χ3v) is 9.10. The molecule has 0 bridgehead atoms. The molecule has 42 heavy (non-hydrogen) atoms. The lowest BCUT2D eigenvalue weighted by Gasteiger charge is -2.21. The highest BCUT2D eigenvalue weighted by Gasteiger charge is 2.30. The number of fused-ring (bicyclic) bond motifs is 3. The number of nitrogens with two attached hydrogens (primary N) is 1. The van der Waals surface area contributed by atoms with Crippen LogP contribution < -0.4 is 11.1 Å². The number of rotatable bonds is 8. The third-order valence-electron chi connectivity index (χ3n) is 6.92. The summed E-state index contributed by atoms with van der Waals surface area (Å²) in [6.07, 6.45) is 2.46. The molecular formula is C30H26ClN5O5S. The molecule has 3 aromatic carbocycles. The van der Waals surface area contributed by atoms with Crippen molar-refractivity contribution in [3.8, 4) is 16.9 Å². The number of aromatic nitrogens is 2. The summed E-state index contributed by atoms with van der Waals surface area (Å²) in [6.45, 7) is 4.52. The van der Waals surface area contributed by atoms with E-state index < -0.39 is 21.8 Å². The lowest BCUT2D eigenvalue weighted by Crippen LogP contribution is -2.35. The molecule has 0 aliphatic heterocycles. The van der Waals surface area contributed by atoms with E-state index in [0.717, 1.165) is 15.4 Å². The fourth-order valence-corrected chi connectivity index (χ4v) is 6.54. The number of sulfonamides is 1. The molecule has 0 radical (unpaired) electrons. The Balaban J connectivity index is 1.57. The molecule has 10 nitrogen and oxygen atoms in total. The summed E-state index contributed by atoms with van der Waals surface area (Å²) in [4.78, 5) is 37.2. The number of hydrogen-bond donors (Lipinski definition) is 2. The van der Waals surface area contributed by atoms with E-state index in [0.29, 0.717) is 46.1 Å². The molecule has 0 saturated carbocycles. The van der Waals surface area contributed by atoms with Crippen molar-refractivity contribution >= 4 is 45.0 Å². The lowest BCUT2D eigenvalue weighted by molar-refractivity contribution is -0.123. The van der Waals surface area contributed by atoms with Gasteiger partial charge >= 0.3 is 0 Å². The summed E-state index contributed by atoms with van der Waals surface area (Å²) in [7, 11) is -4.12. The Morgan fingerprint density at radius 2 is 1.81 bits per heavy atom. The highest BCUT2D eigenvalue weighted by molar-refractivity contribution is 7.89. The van der Waals surface area contributed by atoms with E-state index in [4.69, 9.17) is 17.3 Å². The molecule has 0 saturated heterocycles. The topological polar surface area (TPSA) is 144 Å². The Labute approximate surface area is 247 Å². The maximum atomic E-state index is 13.1. The van der Waals surface area contributed by atoms with Gasteiger partial charge < -0.3 is 11.1 Å². The summed E-state index contributed by atoms with van der Waals surface area (Å²) < 4.78 is 28.4. The van der Waals surface area contributed by atoms with Crippen LogP contribution in [0.4, 0.5) is 5.69 Å². The fraction of sp³-hybridized carbons (Fsp3) is 0.133. The molecule has 3 amide bonds. The molecule has 0 atom stereocenters. The van der Waals surface area contributed by atoms with Crippen molar-refractivity contribution in [3.05, 3.63) is 107 Å². The standard InChI is InChI=1S/C30H26ClN5O5S/c1-3-16-35(18(2)37)42(40,41)22-13-11-21(12-14-22)36-28-24(27(34-36)29(32)38)15-9-19-8-10-20(17-25(19)28)33-30(39)23-6-4-5-7-26(23)31/h3-8,10-14,17H,1,9,15-16H2,2H3,(H2,32,38)(H,33,39). The molecule has 12 heteroatoms. The number of carbonyl (C=O) groups excluding carboxylic acids is 3. The molecule has 1 aliphatic rings. The van der Waals surface area contributed by atoms with Gasteiger partial charge in [0.05, 0.1) is 33.4 Å². The SMILES string of the molecule is C=CCN(C(C)=O)S(=O)(=O)c1ccc(-n2nc(C(N)=O)c3c2-c2cc(NC(=O)c4ccccc4Cl)ccc2CC3)cc1. The first-order valence-electron chi connectivity index (χ1n) is 12.9. The normalized spacial score (nSPS) is 12.1. The molecule has 5 rings (SSSR count). The first-order chi connectivity index (χ1) is 20.0. The molecular weight excluding hydrogens is 578 g/mol. The largest absolute Gasteiger partial charge is 0.364 e. The van der Waals surface area contributed by atoms with Crippen LogP contribution in [-0.4, -0.2) is 46.8 Å². The number of amides is 3. The zero-order valence-corrected chi connectivity index (χ0v) is 24.1. The predicted octanol–water partition coefficient (Wildman–Crippen LogP) is 4.37. The van der Waals surface area contributed by atoms with Crippen LogP contribution in [0.2, 0.25) is 5.02 Å². The minimum absolute atomic E-state index is 0.0931. The Bertz CT molecular complexity index is 1870. The minimum Gasteiger partial charge on any atom is -0.364 e. The van der Waals surface area contributed by atoms with Crippen molar-refractivity contribution in [2.45, 2.75) is 24.7 Å². The van der Waals surface area contributed by atoms with Crippen LogP contribution in [0.5, 0.6) is 0 Å². The maximum Gasteiger partial charge on any atom is 0.269 e. The number of nitrogens with one attached hydrogen (secondary N) is 1. The highest BCUT2D eigenvalue weighted by Crippen LogP contribution is 2.38. The van der Waals surface area contributed by atoms with E-state index in [1.807, 2.05) is 6.07 Å². The van der Waals surface area contributed by atoms with Crippen molar-refractivity contribution < 1.29 is 22.8 Å². The van der Waals surface area contributed by atoms with E-state index in [1.165, 1.54) is 41.9 Å². The number of aryl methyl sites for hydroxylation is 1. The number of halogens is 1. The van der Waals surface area contributed by atoms with Gasteiger partial charge in [0.25, 0.3) is 21.8 Å². The van der Waals surface area contributed by atoms with Crippen molar-refractivity contribution in [1.29, 1.82) is 0 Å². The molecule has 0 fully saturated rings. The number of anilines is 1. The van der Waals surface area contributed by atoms with Gasteiger partial charge in [-0.2, -0.15) is 5.10 Å². The second-order valence-corrected chi connectivity index (χ2v) is 11.9. The summed E-state index contributed by atoms with van der Waals surface area (Å²) in [5.41, 5.74) is 10.0. The van der Waals surface area contributed by atoms with E-state index in [-0.39, 0.29) is 23.0 Å². The minimum atomic E-state index is -4.12. The Kier molecular flexibility index (Phi) is 7.72. The van der Waals surface area contributed by atoms with Crippen LogP contribution in [-0.2, 0) is 27.7 Å². The van der Waals surface area contributed by atoms with Crippen LogP contribution in [0.25, 0.3) is 16.9 Å². The van der Waals surface area contributed by atoms with Crippen LogP contribution in [0.3, 0.4) is 0 Å². The first-order valence-corrected chi connectivity index (χ1v) is 14.7. The van der Waals surface area contributed by atoms with Crippen LogP contribution >= 0.6 is 11.6 Å². The maximum absolute atomic E-state index is 13.1. The van der Waals surface area contributed by atoms with Crippen LogP contribution in [0.15, 0.2) is 84.3 Å². The highest BCUT2D eigenvalue weighted by atomic mass is 35.5. The molecule has 1 aromatic heterocycles. The van der Waals surface area contributed by atoms with Crippen molar-refractivity contribution in [3.63, 3.8) is 0 Å². The molecule has 3 N–H and O–H groups in total. The Hall–Kier alpha value is -4.74. The average Bonchev–Trinajstić information content (AvgIpc) is 3.36. The number of benzene rings is 3. The van der Waals surface area contributed by atoms with Crippen LogP contribution in [0.1, 0.15) is 38.9 Å². The van der Waals surface area contributed by atoms with E-state index in [1.54, 1.807) is 36.4 Å². The second-order valence-electron chi connectivity index (χ2n) is 9.60. The quantitative estimate of drug-likeness (QED) is 0.286. The second kappa shape index (κ2) is 11.3. The molecule has 214 valence electrons. The van der Waals surface area contributed by atoms with Crippen LogP contribution in [0, 0.1) is 0 Å². The van der Waals surface area contributed by atoms with Gasteiger partial charge in [0.2, 0.25) is 5.91 Å². The molecule has 0 spiro atoms. The number of nitrogens with zero attached hydrogens (tertiary/aromatic N) is 3. The monoisotopic (exact) mass is 603 g/mol. The number of primary amides is 1. The fourth-order valence-electron chi connectivity index (χ4n) is 4.94. The third kappa shape index (κ3) is 5.19. The van der Waals surface area contributed by atoms with Gasteiger partial charge in [0.15, 0.2) is 5.69 Å². The van der Waals surface area contributed by atoms with Gasteiger partial charge in [-0.3, -0.25) is 14.4 Å². The predicted molar refractivity (Wildman–Crippen MR) is 159 cm³/mol. The van der Waals surface area contributed by atoms with E-state index >= 15 is 0 Å². The van der Waals surface area contributed by atoms with E-state index in [9.17, 15) is 22.8 Å². The van der Waals surface area contributed by atoms with Gasteiger partial charge in [-0.15, -0.1) is 6.58 Å². The van der Waals surface area contributed by atoms with Gasteiger partial charge in [-0.1, -0.05) is 35.9 Å². The average molecular weight is 604 g/mol. The summed E-state index contributed by atoms with van der Waals surface area (Å²) in [5.74, 6) is -1.71. The molecule has 1 heterocycles. The number of carbonyl (C=O) groups is 3.